The first-order valence-corrected chi connectivity index (χ1v) is 6.74. The number of rotatable bonds is 4. The maximum absolute atomic E-state index is 11.9. The zero-order valence-corrected chi connectivity index (χ0v) is 10.7. The lowest BCUT2D eigenvalue weighted by molar-refractivity contribution is -0.149. The minimum Gasteiger partial charge on any atom is -0.479 e. The average molecular weight is 255 g/mol. The van der Waals surface area contributed by atoms with Crippen LogP contribution in [-0.4, -0.2) is 35.7 Å². The van der Waals surface area contributed by atoms with E-state index in [1.165, 1.54) is 0 Å². The van der Waals surface area contributed by atoms with Gasteiger partial charge in [-0.1, -0.05) is 13.3 Å². The lowest BCUT2D eigenvalue weighted by Gasteiger charge is -2.17. The van der Waals surface area contributed by atoms with Crippen LogP contribution in [0.4, 0.5) is 0 Å². The second kappa shape index (κ2) is 5.69. The molecular formula is C13H21NO4. The Morgan fingerprint density at radius 1 is 1.28 bits per heavy atom. The van der Waals surface area contributed by atoms with E-state index in [0.29, 0.717) is 25.3 Å². The third-order valence-corrected chi connectivity index (χ3v) is 4.09. The van der Waals surface area contributed by atoms with Crippen LogP contribution >= 0.6 is 0 Å². The molecule has 2 aliphatic rings. The van der Waals surface area contributed by atoms with Crippen molar-refractivity contribution in [3.05, 3.63) is 0 Å². The molecule has 1 amide bonds. The number of carboxylic acids is 1. The number of hydrogen-bond donors (Lipinski definition) is 2. The summed E-state index contributed by atoms with van der Waals surface area (Å²) in [5, 5.41) is 11.7. The van der Waals surface area contributed by atoms with Gasteiger partial charge in [0.05, 0.1) is 6.10 Å². The zero-order chi connectivity index (χ0) is 13.1. The van der Waals surface area contributed by atoms with Crippen molar-refractivity contribution in [2.45, 2.75) is 51.2 Å². The molecule has 1 saturated heterocycles. The predicted molar refractivity (Wildman–Crippen MR) is 65.0 cm³/mol. The molecule has 4 unspecified atom stereocenters. The van der Waals surface area contributed by atoms with Crippen LogP contribution in [0.15, 0.2) is 0 Å². The van der Waals surface area contributed by atoms with Crippen molar-refractivity contribution >= 4 is 11.9 Å². The van der Waals surface area contributed by atoms with Crippen molar-refractivity contribution in [2.24, 2.45) is 11.8 Å². The highest BCUT2D eigenvalue weighted by atomic mass is 16.5. The van der Waals surface area contributed by atoms with Crippen molar-refractivity contribution in [1.29, 1.82) is 0 Å². The first-order valence-electron chi connectivity index (χ1n) is 6.74. The summed E-state index contributed by atoms with van der Waals surface area (Å²) >= 11 is 0. The highest BCUT2D eigenvalue weighted by Gasteiger charge is 2.33. The van der Waals surface area contributed by atoms with Gasteiger partial charge in [0.2, 0.25) is 5.91 Å². The Kier molecular flexibility index (Phi) is 4.22. The van der Waals surface area contributed by atoms with Crippen molar-refractivity contribution in [2.75, 3.05) is 6.54 Å². The normalized spacial score (nSPS) is 35.6. The lowest BCUT2D eigenvalue weighted by atomic mass is 9.97. The molecule has 18 heavy (non-hydrogen) atoms. The van der Waals surface area contributed by atoms with Crippen LogP contribution in [0.1, 0.15) is 39.0 Å². The quantitative estimate of drug-likeness (QED) is 0.790. The van der Waals surface area contributed by atoms with Gasteiger partial charge in [-0.15, -0.1) is 0 Å². The zero-order valence-electron chi connectivity index (χ0n) is 10.7. The van der Waals surface area contributed by atoms with Crippen LogP contribution in [0.2, 0.25) is 0 Å². The third-order valence-electron chi connectivity index (χ3n) is 4.09. The van der Waals surface area contributed by atoms with Crippen LogP contribution < -0.4 is 5.32 Å². The van der Waals surface area contributed by atoms with Crippen LogP contribution in [0, 0.1) is 11.8 Å². The molecule has 0 aromatic carbocycles. The standard InChI is InChI=1S/C13H21NO4/c1-8-3-2-4-10(8)12(15)14-7-9-5-6-11(18-9)13(16)17/h8-11H,2-7H2,1H3,(H,14,15)(H,16,17). The fourth-order valence-electron chi connectivity index (χ4n) is 2.92. The number of ether oxygens (including phenoxy) is 1. The van der Waals surface area contributed by atoms with Crippen molar-refractivity contribution in [3.8, 4) is 0 Å². The second-order valence-electron chi connectivity index (χ2n) is 5.42. The minimum atomic E-state index is -0.909. The largest absolute Gasteiger partial charge is 0.479 e. The lowest BCUT2D eigenvalue weighted by Crippen LogP contribution is -2.37. The number of amides is 1. The molecule has 0 bridgehead atoms. The number of aliphatic carboxylic acids is 1. The van der Waals surface area contributed by atoms with Crippen molar-refractivity contribution < 1.29 is 19.4 Å². The van der Waals surface area contributed by atoms with Gasteiger partial charge >= 0.3 is 5.97 Å². The number of hydrogen-bond acceptors (Lipinski definition) is 3. The van der Waals surface area contributed by atoms with E-state index in [-0.39, 0.29) is 17.9 Å². The van der Waals surface area contributed by atoms with Gasteiger partial charge in [-0.25, -0.2) is 4.79 Å². The van der Waals surface area contributed by atoms with Crippen molar-refractivity contribution in [1.82, 2.24) is 5.32 Å². The Bertz CT molecular complexity index is 331. The molecule has 2 N–H and O–H groups in total. The van der Waals surface area contributed by atoms with Gasteiger partial charge in [-0.05, 0) is 31.6 Å². The van der Waals surface area contributed by atoms with E-state index in [9.17, 15) is 9.59 Å². The molecular weight excluding hydrogens is 234 g/mol. The number of carbonyl (C=O) groups is 2. The van der Waals surface area contributed by atoms with Gasteiger partial charge in [0, 0.05) is 12.5 Å². The number of nitrogens with one attached hydrogen (secondary N) is 1. The first-order chi connectivity index (χ1) is 8.58. The fraction of sp³-hybridized carbons (Fsp3) is 0.846. The third kappa shape index (κ3) is 3.02. The van der Waals surface area contributed by atoms with Crippen molar-refractivity contribution in [3.63, 3.8) is 0 Å². The molecule has 2 rings (SSSR count). The summed E-state index contributed by atoms with van der Waals surface area (Å²) < 4.78 is 5.35. The Labute approximate surface area is 107 Å². The van der Waals surface area contributed by atoms with Crippen LogP contribution in [0.3, 0.4) is 0 Å². The summed E-state index contributed by atoms with van der Waals surface area (Å²) in [4.78, 5) is 22.7. The van der Waals surface area contributed by atoms with Crippen LogP contribution in [0.25, 0.3) is 0 Å². The minimum absolute atomic E-state index is 0.0994. The molecule has 0 aromatic heterocycles. The summed E-state index contributed by atoms with van der Waals surface area (Å²) in [7, 11) is 0. The van der Waals surface area contributed by atoms with E-state index >= 15 is 0 Å². The van der Waals surface area contributed by atoms with Gasteiger partial charge in [-0.3, -0.25) is 4.79 Å². The maximum Gasteiger partial charge on any atom is 0.332 e. The van der Waals surface area contributed by atoms with E-state index in [1.54, 1.807) is 0 Å². The van der Waals surface area contributed by atoms with E-state index in [1.807, 2.05) is 0 Å². The SMILES string of the molecule is CC1CCCC1C(=O)NCC1CCC(C(=O)O)O1. The smallest absolute Gasteiger partial charge is 0.332 e. The van der Waals surface area contributed by atoms with Gasteiger partial charge in [0.15, 0.2) is 6.10 Å². The molecule has 0 aromatic rings. The van der Waals surface area contributed by atoms with E-state index in [4.69, 9.17) is 9.84 Å². The molecule has 1 heterocycles. The molecule has 0 radical (unpaired) electrons. The Morgan fingerprint density at radius 2 is 2.06 bits per heavy atom. The highest BCUT2D eigenvalue weighted by molar-refractivity contribution is 5.79. The predicted octanol–water partition coefficient (Wildman–Crippen LogP) is 1.17. The highest BCUT2D eigenvalue weighted by Crippen LogP contribution is 2.31. The summed E-state index contributed by atoms with van der Waals surface area (Å²) in [5.74, 6) is -0.224. The Hall–Kier alpha value is -1.10. The molecule has 1 saturated carbocycles. The molecule has 4 atom stereocenters. The van der Waals surface area contributed by atoms with Gasteiger partial charge in [0.25, 0.3) is 0 Å². The first kappa shape index (κ1) is 13.3. The number of carbonyl (C=O) groups excluding carboxylic acids is 1. The summed E-state index contributed by atoms with van der Waals surface area (Å²) in [5.41, 5.74) is 0. The summed E-state index contributed by atoms with van der Waals surface area (Å²) in [6, 6.07) is 0. The number of carboxylic acid groups (broad SMARTS) is 1. The Morgan fingerprint density at radius 3 is 2.61 bits per heavy atom. The molecule has 1 aliphatic carbocycles. The van der Waals surface area contributed by atoms with Crippen LogP contribution in [-0.2, 0) is 14.3 Å². The van der Waals surface area contributed by atoms with E-state index in [0.717, 1.165) is 19.3 Å². The van der Waals surface area contributed by atoms with Gasteiger partial charge in [0.1, 0.15) is 0 Å². The van der Waals surface area contributed by atoms with E-state index < -0.39 is 12.1 Å². The maximum atomic E-state index is 11.9. The molecule has 5 nitrogen and oxygen atoms in total. The second-order valence-corrected chi connectivity index (χ2v) is 5.42. The Balaban J connectivity index is 1.72. The molecule has 0 spiro atoms. The summed E-state index contributed by atoms with van der Waals surface area (Å²) in [6.45, 7) is 2.55. The molecule has 5 heteroatoms. The fourth-order valence-corrected chi connectivity index (χ4v) is 2.92. The molecule has 102 valence electrons. The summed E-state index contributed by atoms with van der Waals surface area (Å²) in [6.07, 6.45) is 3.62. The molecule has 2 fully saturated rings. The molecule has 1 aliphatic heterocycles. The monoisotopic (exact) mass is 255 g/mol. The average Bonchev–Trinajstić information content (AvgIpc) is 2.94. The van der Waals surface area contributed by atoms with E-state index in [2.05, 4.69) is 12.2 Å². The van der Waals surface area contributed by atoms with Crippen LogP contribution in [0.5, 0.6) is 0 Å². The van der Waals surface area contributed by atoms with Gasteiger partial charge in [-0.2, -0.15) is 0 Å². The van der Waals surface area contributed by atoms with Gasteiger partial charge < -0.3 is 15.2 Å². The topological polar surface area (TPSA) is 75.6 Å².